The maximum atomic E-state index is 5.40. The predicted molar refractivity (Wildman–Crippen MR) is 76.1 cm³/mol. The van der Waals surface area contributed by atoms with Gasteiger partial charge in [0.1, 0.15) is 24.0 Å². The summed E-state index contributed by atoms with van der Waals surface area (Å²) in [4.78, 5) is 8.56. The van der Waals surface area contributed by atoms with Crippen LogP contribution >= 0.6 is 0 Å². The number of aromatic nitrogens is 2. The van der Waals surface area contributed by atoms with Gasteiger partial charge in [0.2, 0.25) is 0 Å². The van der Waals surface area contributed by atoms with E-state index in [-0.39, 0.29) is 6.04 Å². The van der Waals surface area contributed by atoms with E-state index in [0.717, 1.165) is 12.2 Å². The number of nitrogen functional groups attached to an aromatic ring is 1. The molecule has 2 heterocycles. The SMILES string of the molecule is COCc1nc(NN)cc(NC(C)Cc2ccco2)n1. The summed E-state index contributed by atoms with van der Waals surface area (Å²) in [6, 6.07) is 5.73. The van der Waals surface area contributed by atoms with Gasteiger partial charge in [-0.1, -0.05) is 0 Å². The number of furan rings is 1. The fourth-order valence-electron chi connectivity index (χ4n) is 1.87. The van der Waals surface area contributed by atoms with Gasteiger partial charge in [-0.2, -0.15) is 0 Å². The van der Waals surface area contributed by atoms with Crippen LogP contribution in [0.15, 0.2) is 28.9 Å². The van der Waals surface area contributed by atoms with E-state index in [0.29, 0.717) is 24.1 Å². The molecule has 0 saturated heterocycles. The van der Waals surface area contributed by atoms with Crippen molar-refractivity contribution in [2.75, 3.05) is 17.9 Å². The Kier molecular flexibility index (Phi) is 4.91. The Hall–Kier alpha value is -2.12. The molecule has 2 aromatic heterocycles. The number of nitrogens with two attached hydrogens (primary N) is 1. The number of anilines is 2. The van der Waals surface area contributed by atoms with Crippen LogP contribution in [0.2, 0.25) is 0 Å². The molecule has 7 nitrogen and oxygen atoms in total. The molecule has 0 aromatic carbocycles. The third-order valence-electron chi connectivity index (χ3n) is 2.68. The van der Waals surface area contributed by atoms with Crippen LogP contribution in [0.3, 0.4) is 0 Å². The van der Waals surface area contributed by atoms with Crippen molar-refractivity contribution in [1.29, 1.82) is 0 Å². The number of nitrogens with one attached hydrogen (secondary N) is 2. The summed E-state index contributed by atoms with van der Waals surface area (Å²) in [6.45, 7) is 2.38. The first-order valence-corrected chi connectivity index (χ1v) is 6.33. The molecule has 0 aliphatic heterocycles. The number of rotatable bonds is 7. The summed E-state index contributed by atoms with van der Waals surface area (Å²) in [6.07, 6.45) is 2.43. The molecule has 2 rings (SSSR count). The molecule has 108 valence electrons. The minimum atomic E-state index is 0.164. The van der Waals surface area contributed by atoms with Crippen LogP contribution in [0.4, 0.5) is 11.6 Å². The quantitative estimate of drug-likeness (QED) is 0.521. The smallest absolute Gasteiger partial charge is 0.158 e. The molecule has 0 fully saturated rings. The number of nitrogens with zero attached hydrogens (tertiary/aromatic N) is 2. The molecule has 0 spiro atoms. The van der Waals surface area contributed by atoms with Crippen LogP contribution in [-0.2, 0) is 17.8 Å². The lowest BCUT2D eigenvalue weighted by molar-refractivity contribution is 0.178. The molecule has 1 unspecified atom stereocenters. The number of hydrazine groups is 1. The Bertz CT molecular complexity index is 530. The van der Waals surface area contributed by atoms with Gasteiger partial charge in [0.25, 0.3) is 0 Å². The monoisotopic (exact) mass is 277 g/mol. The maximum absolute atomic E-state index is 5.40. The van der Waals surface area contributed by atoms with Crippen LogP contribution in [0.1, 0.15) is 18.5 Å². The van der Waals surface area contributed by atoms with Gasteiger partial charge in [-0.3, -0.25) is 0 Å². The highest BCUT2D eigenvalue weighted by Crippen LogP contribution is 2.14. The van der Waals surface area contributed by atoms with E-state index in [1.165, 1.54) is 0 Å². The van der Waals surface area contributed by atoms with Gasteiger partial charge < -0.3 is 19.9 Å². The normalized spacial score (nSPS) is 12.2. The lowest BCUT2D eigenvalue weighted by atomic mass is 10.2. The van der Waals surface area contributed by atoms with Gasteiger partial charge in [0.15, 0.2) is 5.82 Å². The molecule has 0 saturated carbocycles. The van der Waals surface area contributed by atoms with E-state index in [4.69, 9.17) is 15.0 Å². The van der Waals surface area contributed by atoms with Crippen LogP contribution in [0.25, 0.3) is 0 Å². The average Bonchev–Trinajstić information content (AvgIpc) is 2.91. The Morgan fingerprint density at radius 2 is 2.20 bits per heavy atom. The number of hydrogen-bond donors (Lipinski definition) is 3. The van der Waals surface area contributed by atoms with E-state index >= 15 is 0 Å². The van der Waals surface area contributed by atoms with Crippen LogP contribution < -0.4 is 16.6 Å². The first kappa shape index (κ1) is 14.3. The van der Waals surface area contributed by atoms with Crippen molar-refractivity contribution >= 4 is 11.6 Å². The van der Waals surface area contributed by atoms with Crippen LogP contribution in [0.5, 0.6) is 0 Å². The van der Waals surface area contributed by atoms with Crippen LogP contribution in [-0.4, -0.2) is 23.1 Å². The number of methoxy groups -OCH3 is 1. The van der Waals surface area contributed by atoms with E-state index in [1.54, 1.807) is 19.4 Å². The summed E-state index contributed by atoms with van der Waals surface area (Å²) >= 11 is 0. The van der Waals surface area contributed by atoms with Gasteiger partial charge in [-0.15, -0.1) is 0 Å². The zero-order valence-corrected chi connectivity index (χ0v) is 11.6. The molecular weight excluding hydrogens is 258 g/mol. The van der Waals surface area contributed by atoms with Crippen molar-refractivity contribution in [1.82, 2.24) is 9.97 Å². The molecule has 0 bridgehead atoms. The Morgan fingerprint density at radius 1 is 1.40 bits per heavy atom. The first-order valence-electron chi connectivity index (χ1n) is 6.33. The average molecular weight is 277 g/mol. The van der Waals surface area contributed by atoms with Crippen molar-refractivity contribution in [2.24, 2.45) is 5.84 Å². The molecular formula is C13H19N5O2. The molecule has 1 atom stereocenters. The topological polar surface area (TPSA) is 98.2 Å². The summed E-state index contributed by atoms with van der Waals surface area (Å²) < 4.78 is 10.4. The third kappa shape index (κ3) is 3.94. The Morgan fingerprint density at radius 3 is 2.85 bits per heavy atom. The highest BCUT2D eigenvalue weighted by Gasteiger charge is 2.09. The molecule has 0 radical (unpaired) electrons. The zero-order valence-electron chi connectivity index (χ0n) is 11.6. The van der Waals surface area contributed by atoms with E-state index in [1.807, 2.05) is 12.1 Å². The van der Waals surface area contributed by atoms with Gasteiger partial charge in [0.05, 0.1) is 6.26 Å². The minimum Gasteiger partial charge on any atom is -0.469 e. The van der Waals surface area contributed by atoms with Crippen LogP contribution in [0, 0.1) is 0 Å². The fourth-order valence-corrected chi connectivity index (χ4v) is 1.87. The molecule has 7 heteroatoms. The van der Waals surface area contributed by atoms with E-state index < -0.39 is 0 Å². The van der Waals surface area contributed by atoms with Crippen molar-refractivity contribution in [3.63, 3.8) is 0 Å². The van der Waals surface area contributed by atoms with Gasteiger partial charge >= 0.3 is 0 Å². The summed E-state index contributed by atoms with van der Waals surface area (Å²) in [7, 11) is 1.60. The molecule has 0 aliphatic carbocycles. The Balaban J connectivity index is 2.05. The van der Waals surface area contributed by atoms with Crippen molar-refractivity contribution < 1.29 is 9.15 Å². The van der Waals surface area contributed by atoms with Gasteiger partial charge in [0, 0.05) is 25.6 Å². The summed E-state index contributed by atoms with van der Waals surface area (Å²) in [5.74, 6) is 8.13. The fraction of sp³-hybridized carbons (Fsp3) is 0.385. The Labute approximate surface area is 117 Å². The van der Waals surface area contributed by atoms with Crippen molar-refractivity contribution in [3.05, 3.63) is 36.0 Å². The van der Waals surface area contributed by atoms with Gasteiger partial charge in [-0.05, 0) is 19.1 Å². The molecule has 4 N–H and O–H groups in total. The molecule has 2 aromatic rings. The minimum absolute atomic E-state index is 0.164. The molecule has 0 aliphatic rings. The standard InChI is InChI=1S/C13H19N5O2/c1-9(6-10-4-3-5-20-10)15-11-7-12(18-14)17-13(16-11)8-19-2/h3-5,7,9H,6,8,14H2,1-2H3,(H2,15,16,17,18). The van der Waals surface area contributed by atoms with Crippen molar-refractivity contribution in [2.45, 2.75) is 26.0 Å². The van der Waals surface area contributed by atoms with E-state index in [9.17, 15) is 0 Å². The lowest BCUT2D eigenvalue weighted by Crippen LogP contribution is -2.20. The first-order chi connectivity index (χ1) is 9.71. The second-order valence-corrected chi connectivity index (χ2v) is 4.46. The van der Waals surface area contributed by atoms with Gasteiger partial charge in [-0.25, -0.2) is 15.8 Å². The van der Waals surface area contributed by atoms with E-state index in [2.05, 4.69) is 27.6 Å². The lowest BCUT2D eigenvalue weighted by Gasteiger charge is -2.14. The second kappa shape index (κ2) is 6.88. The highest BCUT2D eigenvalue weighted by molar-refractivity contribution is 5.47. The maximum Gasteiger partial charge on any atom is 0.158 e. The molecule has 0 amide bonds. The number of ether oxygens (including phenoxy) is 1. The highest BCUT2D eigenvalue weighted by atomic mass is 16.5. The number of hydrogen-bond acceptors (Lipinski definition) is 7. The zero-order chi connectivity index (χ0) is 14.4. The summed E-state index contributed by atoms with van der Waals surface area (Å²) in [5, 5.41) is 3.29. The summed E-state index contributed by atoms with van der Waals surface area (Å²) in [5.41, 5.74) is 2.52. The predicted octanol–water partition coefficient (Wildman–Crippen LogP) is 1.54. The largest absolute Gasteiger partial charge is 0.469 e. The van der Waals surface area contributed by atoms with Crippen molar-refractivity contribution in [3.8, 4) is 0 Å². The second-order valence-electron chi connectivity index (χ2n) is 4.46. The third-order valence-corrected chi connectivity index (χ3v) is 2.68. The molecule has 20 heavy (non-hydrogen) atoms.